The molecule has 1 heterocycles. The second kappa shape index (κ2) is 4.51. The Morgan fingerprint density at radius 2 is 2.25 bits per heavy atom. The van der Waals surface area contributed by atoms with Crippen molar-refractivity contribution in [2.75, 3.05) is 19.8 Å². The minimum Gasteiger partial charge on any atom is -0.502 e. The van der Waals surface area contributed by atoms with E-state index >= 15 is 0 Å². The predicted octanol–water partition coefficient (Wildman–Crippen LogP) is 2.35. The van der Waals surface area contributed by atoms with Crippen molar-refractivity contribution in [3.05, 3.63) is 12.3 Å². The summed E-state index contributed by atoms with van der Waals surface area (Å²) in [5.74, 6) is 0. The number of hydrogen-bond donors (Lipinski definition) is 0. The molecule has 12 heavy (non-hydrogen) atoms. The van der Waals surface area contributed by atoms with Crippen LogP contribution in [0.4, 0.5) is 0 Å². The van der Waals surface area contributed by atoms with E-state index in [0.29, 0.717) is 5.41 Å². The molecule has 0 atom stereocenters. The maximum atomic E-state index is 5.28. The fourth-order valence-corrected chi connectivity index (χ4v) is 1.36. The van der Waals surface area contributed by atoms with Crippen LogP contribution < -0.4 is 0 Å². The molecule has 0 aromatic carbocycles. The minimum absolute atomic E-state index is 0.432. The lowest BCUT2D eigenvalue weighted by molar-refractivity contribution is -0.124. The van der Waals surface area contributed by atoms with Crippen molar-refractivity contribution >= 4 is 0 Å². The Labute approximate surface area is 74.6 Å². The molecule has 0 bridgehead atoms. The zero-order valence-corrected chi connectivity index (χ0v) is 8.01. The highest BCUT2D eigenvalue weighted by atomic mass is 16.5. The Balaban J connectivity index is 2.12. The molecule has 2 heteroatoms. The third-order valence-corrected chi connectivity index (χ3v) is 2.55. The maximum Gasteiger partial charge on any atom is 0.0880 e. The first-order chi connectivity index (χ1) is 5.83. The summed E-state index contributed by atoms with van der Waals surface area (Å²) >= 11 is 0. The molecule has 0 amide bonds. The van der Waals surface area contributed by atoms with E-state index in [2.05, 4.69) is 6.92 Å². The average Bonchev–Trinajstić information content (AvgIpc) is 2.02. The van der Waals surface area contributed by atoms with Crippen molar-refractivity contribution < 1.29 is 9.47 Å². The van der Waals surface area contributed by atoms with E-state index < -0.39 is 0 Å². The van der Waals surface area contributed by atoms with Crippen LogP contribution in [0.3, 0.4) is 0 Å². The summed E-state index contributed by atoms with van der Waals surface area (Å²) in [6, 6.07) is 0. The Morgan fingerprint density at radius 3 is 2.67 bits per heavy atom. The predicted molar refractivity (Wildman–Crippen MR) is 48.9 cm³/mol. The van der Waals surface area contributed by atoms with Crippen LogP contribution in [0.1, 0.15) is 26.7 Å². The van der Waals surface area contributed by atoms with Gasteiger partial charge in [0, 0.05) is 5.41 Å². The van der Waals surface area contributed by atoms with Crippen LogP contribution in [0.25, 0.3) is 0 Å². The van der Waals surface area contributed by atoms with Crippen LogP contribution in [0.2, 0.25) is 0 Å². The molecule has 1 saturated heterocycles. The van der Waals surface area contributed by atoms with Crippen molar-refractivity contribution in [1.82, 2.24) is 0 Å². The van der Waals surface area contributed by atoms with Crippen molar-refractivity contribution in [2.24, 2.45) is 5.41 Å². The third kappa shape index (κ3) is 2.24. The fourth-order valence-electron chi connectivity index (χ4n) is 1.36. The largest absolute Gasteiger partial charge is 0.502 e. The molecule has 1 rings (SSSR count). The molecule has 0 aromatic rings. The second-order valence-electron chi connectivity index (χ2n) is 3.44. The SMILES string of the molecule is CC=COCCC1(CC)COC1. The molecule has 0 aromatic heterocycles. The number of rotatable bonds is 5. The molecule has 0 unspecified atom stereocenters. The molecular weight excluding hydrogens is 152 g/mol. The highest BCUT2D eigenvalue weighted by Crippen LogP contribution is 2.34. The van der Waals surface area contributed by atoms with Crippen LogP contribution in [0.5, 0.6) is 0 Å². The summed E-state index contributed by atoms with van der Waals surface area (Å²) in [5, 5.41) is 0. The molecule has 0 aliphatic carbocycles. The Bertz CT molecular complexity index is 142. The van der Waals surface area contributed by atoms with E-state index in [1.807, 2.05) is 13.0 Å². The van der Waals surface area contributed by atoms with Gasteiger partial charge >= 0.3 is 0 Å². The number of ether oxygens (including phenoxy) is 2. The van der Waals surface area contributed by atoms with Gasteiger partial charge in [-0.05, 0) is 19.8 Å². The van der Waals surface area contributed by atoms with Gasteiger partial charge in [-0.1, -0.05) is 13.0 Å². The topological polar surface area (TPSA) is 18.5 Å². The van der Waals surface area contributed by atoms with Gasteiger partial charge in [-0.25, -0.2) is 0 Å². The molecule has 70 valence electrons. The molecule has 1 fully saturated rings. The maximum absolute atomic E-state index is 5.28. The van der Waals surface area contributed by atoms with E-state index in [9.17, 15) is 0 Å². The fraction of sp³-hybridized carbons (Fsp3) is 0.800. The van der Waals surface area contributed by atoms with E-state index in [0.717, 1.165) is 26.2 Å². The van der Waals surface area contributed by atoms with Crippen molar-refractivity contribution in [1.29, 1.82) is 0 Å². The molecule has 1 aliphatic heterocycles. The van der Waals surface area contributed by atoms with Gasteiger partial charge in [0.2, 0.25) is 0 Å². The Kier molecular flexibility index (Phi) is 3.60. The van der Waals surface area contributed by atoms with Gasteiger partial charge < -0.3 is 9.47 Å². The molecule has 0 saturated carbocycles. The normalized spacial score (nSPS) is 20.8. The van der Waals surface area contributed by atoms with Crippen molar-refractivity contribution in [3.63, 3.8) is 0 Å². The van der Waals surface area contributed by atoms with Gasteiger partial charge in [0.25, 0.3) is 0 Å². The molecule has 0 radical (unpaired) electrons. The minimum atomic E-state index is 0.432. The van der Waals surface area contributed by atoms with Crippen molar-refractivity contribution in [3.8, 4) is 0 Å². The Hall–Kier alpha value is -0.500. The van der Waals surface area contributed by atoms with Gasteiger partial charge in [0.1, 0.15) is 0 Å². The summed E-state index contributed by atoms with van der Waals surface area (Å²) in [4.78, 5) is 0. The second-order valence-corrected chi connectivity index (χ2v) is 3.44. The summed E-state index contributed by atoms with van der Waals surface area (Å²) in [6.07, 6.45) is 5.98. The molecular formula is C10H18O2. The van der Waals surface area contributed by atoms with E-state index in [-0.39, 0.29) is 0 Å². The smallest absolute Gasteiger partial charge is 0.0880 e. The van der Waals surface area contributed by atoms with Gasteiger partial charge in [-0.2, -0.15) is 0 Å². The summed E-state index contributed by atoms with van der Waals surface area (Å²) in [6.45, 7) is 6.84. The van der Waals surface area contributed by atoms with Crippen LogP contribution in [0.15, 0.2) is 12.3 Å². The zero-order valence-electron chi connectivity index (χ0n) is 8.01. The van der Waals surface area contributed by atoms with E-state index in [1.165, 1.54) is 6.42 Å². The lowest BCUT2D eigenvalue weighted by atomic mass is 9.80. The molecule has 1 aliphatic rings. The molecule has 0 spiro atoms. The lowest BCUT2D eigenvalue weighted by Gasteiger charge is -2.40. The van der Waals surface area contributed by atoms with Crippen LogP contribution in [-0.4, -0.2) is 19.8 Å². The lowest BCUT2D eigenvalue weighted by Crippen LogP contribution is -2.42. The van der Waals surface area contributed by atoms with E-state index in [4.69, 9.17) is 9.47 Å². The number of hydrogen-bond acceptors (Lipinski definition) is 2. The van der Waals surface area contributed by atoms with Gasteiger partial charge in [-0.15, -0.1) is 0 Å². The monoisotopic (exact) mass is 170 g/mol. The summed E-state index contributed by atoms with van der Waals surface area (Å²) in [5.41, 5.74) is 0.432. The van der Waals surface area contributed by atoms with Gasteiger partial charge in [-0.3, -0.25) is 0 Å². The van der Waals surface area contributed by atoms with Crippen LogP contribution in [-0.2, 0) is 9.47 Å². The van der Waals surface area contributed by atoms with E-state index in [1.54, 1.807) is 6.26 Å². The quantitative estimate of drug-likeness (QED) is 0.466. The Morgan fingerprint density at radius 1 is 1.50 bits per heavy atom. The van der Waals surface area contributed by atoms with Crippen molar-refractivity contribution in [2.45, 2.75) is 26.7 Å². The highest BCUT2D eigenvalue weighted by Gasteiger charge is 2.36. The first-order valence-electron chi connectivity index (χ1n) is 4.63. The third-order valence-electron chi connectivity index (χ3n) is 2.55. The van der Waals surface area contributed by atoms with Crippen LogP contribution >= 0.6 is 0 Å². The standard InChI is InChI=1S/C10H18O2/c1-3-6-11-7-5-10(4-2)8-12-9-10/h3,6H,4-5,7-9H2,1-2H3. The summed E-state index contributed by atoms with van der Waals surface area (Å²) in [7, 11) is 0. The number of allylic oxidation sites excluding steroid dienone is 1. The first kappa shape index (κ1) is 9.59. The molecule has 2 nitrogen and oxygen atoms in total. The summed E-state index contributed by atoms with van der Waals surface area (Å²) < 4.78 is 10.5. The first-order valence-corrected chi connectivity index (χ1v) is 4.63. The van der Waals surface area contributed by atoms with Gasteiger partial charge in [0.05, 0.1) is 26.1 Å². The molecule has 0 N–H and O–H groups in total. The average molecular weight is 170 g/mol. The highest BCUT2D eigenvalue weighted by molar-refractivity contribution is 4.84. The zero-order chi connectivity index (χ0) is 8.86. The van der Waals surface area contributed by atoms with Gasteiger partial charge in [0.15, 0.2) is 0 Å². The van der Waals surface area contributed by atoms with Crippen LogP contribution in [0, 0.1) is 5.41 Å².